The summed E-state index contributed by atoms with van der Waals surface area (Å²) < 4.78 is 0. The molecule has 0 amide bonds. The molecule has 64 heavy (non-hydrogen) atoms. The zero-order valence-electron chi connectivity index (χ0n) is 36.0. The van der Waals surface area contributed by atoms with Crippen molar-refractivity contribution in [2.75, 3.05) is 4.90 Å². The van der Waals surface area contributed by atoms with Crippen LogP contribution in [0, 0.1) is 0 Å². The Morgan fingerprint density at radius 3 is 1.72 bits per heavy atom. The maximum Gasteiger partial charge on any atom is 0.0546 e. The van der Waals surface area contributed by atoms with E-state index in [4.69, 9.17) is 0 Å². The van der Waals surface area contributed by atoms with E-state index in [1.165, 1.54) is 93.5 Å². The van der Waals surface area contributed by atoms with Gasteiger partial charge < -0.3 is 4.90 Å². The third-order valence-electron chi connectivity index (χ3n) is 13.6. The zero-order chi connectivity index (χ0) is 42.8. The normalized spacial score (nSPS) is 12.7. The number of rotatable bonds is 7. The van der Waals surface area contributed by atoms with Crippen molar-refractivity contribution in [3.8, 4) is 55.6 Å². The number of anilines is 3. The third-order valence-corrected chi connectivity index (χ3v) is 13.6. The van der Waals surface area contributed by atoms with Crippen LogP contribution in [0.2, 0.25) is 0 Å². The molecule has 0 atom stereocenters. The predicted octanol–water partition coefficient (Wildman–Crippen LogP) is 17.6. The Labute approximate surface area is 375 Å². The minimum atomic E-state index is -0.160. The van der Waals surface area contributed by atoms with Crippen LogP contribution in [-0.2, 0) is 5.41 Å². The van der Waals surface area contributed by atoms with E-state index in [-0.39, 0.29) is 5.41 Å². The average Bonchev–Trinajstić information content (AvgIpc) is 3.59. The highest BCUT2D eigenvalue weighted by molar-refractivity contribution is 6.15. The van der Waals surface area contributed by atoms with Gasteiger partial charge in [0, 0.05) is 22.4 Å². The predicted molar refractivity (Wildman–Crippen MR) is 273 cm³/mol. The molecule has 0 aromatic heterocycles. The van der Waals surface area contributed by atoms with Crippen molar-refractivity contribution in [2.45, 2.75) is 19.3 Å². The van der Waals surface area contributed by atoms with Crippen LogP contribution < -0.4 is 4.90 Å². The van der Waals surface area contributed by atoms with Crippen LogP contribution in [-0.4, -0.2) is 0 Å². The SMILES string of the molecule is CC1(C)c2ccccc2-c2ccc(N(c3ccc(-c4ccc5ccccc5c4)cc3)c3cccc(-c4cc5ccccc5c5ccccc45)c3-c3cccc(-c4ccccc4)c3)cc21. The van der Waals surface area contributed by atoms with Crippen molar-refractivity contribution in [3.05, 3.63) is 248 Å². The standard InChI is InChI=1S/C63H45N/c1-63(2)59-28-13-12-26-55(59)56-37-36-51(41-60(56)63)64(50-34-32-44(33-35-50)47-31-30-43-18-6-7-19-45(43)38-47)61-29-15-27-57(62(61)49-22-14-21-46(39-49)42-16-4-3-5-17-42)58-40-48-20-8-9-23-52(48)53-24-10-11-25-54(53)58/h3-41H,1-2H3. The largest absolute Gasteiger partial charge is 0.310 e. The molecule has 0 saturated carbocycles. The molecule has 0 heterocycles. The van der Waals surface area contributed by atoms with Gasteiger partial charge in [-0.05, 0) is 142 Å². The van der Waals surface area contributed by atoms with Gasteiger partial charge in [-0.3, -0.25) is 0 Å². The highest BCUT2D eigenvalue weighted by Crippen LogP contribution is 2.53. The summed E-state index contributed by atoms with van der Waals surface area (Å²) >= 11 is 0. The van der Waals surface area contributed by atoms with Gasteiger partial charge in [-0.25, -0.2) is 0 Å². The Kier molecular flexibility index (Phi) is 8.91. The fourth-order valence-electron chi connectivity index (χ4n) is 10.4. The summed E-state index contributed by atoms with van der Waals surface area (Å²) in [5, 5.41) is 7.48. The molecule has 0 N–H and O–H groups in total. The van der Waals surface area contributed by atoms with Gasteiger partial charge in [-0.1, -0.05) is 202 Å². The van der Waals surface area contributed by atoms with Crippen molar-refractivity contribution in [1.82, 2.24) is 0 Å². The molecular formula is C63H45N. The Bertz CT molecular complexity index is 3580. The molecule has 1 nitrogen and oxygen atoms in total. The lowest BCUT2D eigenvalue weighted by Crippen LogP contribution is -2.17. The number of hydrogen-bond acceptors (Lipinski definition) is 1. The molecule has 1 heteroatoms. The second-order valence-electron chi connectivity index (χ2n) is 17.7. The minimum absolute atomic E-state index is 0.160. The van der Waals surface area contributed by atoms with E-state index < -0.39 is 0 Å². The Balaban J connectivity index is 1.13. The van der Waals surface area contributed by atoms with Gasteiger partial charge in [-0.15, -0.1) is 0 Å². The molecule has 0 radical (unpaired) electrons. The summed E-state index contributed by atoms with van der Waals surface area (Å²) in [4.78, 5) is 2.50. The molecule has 0 unspecified atom stereocenters. The van der Waals surface area contributed by atoms with Crippen LogP contribution >= 0.6 is 0 Å². The van der Waals surface area contributed by atoms with E-state index in [0.717, 1.165) is 22.6 Å². The van der Waals surface area contributed by atoms with Gasteiger partial charge in [0.1, 0.15) is 0 Å². The van der Waals surface area contributed by atoms with E-state index in [1.807, 2.05) is 0 Å². The van der Waals surface area contributed by atoms with Gasteiger partial charge in [0.25, 0.3) is 0 Å². The van der Waals surface area contributed by atoms with Crippen LogP contribution in [0.3, 0.4) is 0 Å². The van der Waals surface area contributed by atoms with Gasteiger partial charge >= 0.3 is 0 Å². The number of fused-ring (bicyclic) bond motifs is 7. The monoisotopic (exact) mass is 815 g/mol. The van der Waals surface area contributed by atoms with Crippen molar-refractivity contribution < 1.29 is 0 Å². The van der Waals surface area contributed by atoms with Gasteiger partial charge in [0.05, 0.1) is 5.69 Å². The van der Waals surface area contributed by atoms with Crippen molar-refractivity contribution in [2.24, 2.45) is 0 Å². The lowest BCUT2D eigenvalue weighted by atomic mass is 9.82. The summed E-state index contributed by atoms with van der Waals surface area (Å²) in [6.45, 7) is 4.74. The summed E-state index contributed by atoms with van der Waals surface area (Å²) in [5.74, 6) is 0. The van der Waals surface area contributed by atoms with E-state index in [1.54, 1.807) is 0 Å². The maximum atomic E-state index is 2.50. The molecule has 0 fully saturated rings. The fourth-order valence-corrected chi connectivity index (χ4v) is 10.4. The first-order valence-corrected chi connectivity index (χ1v) is 22.3. The second-order valence-corrected chi connectivity index (χ2v) is 17.7. The Hall–Kier alpha value is -8.00. The summed E-state index contributed by atoms with van der Waals surface area (Å²) in [6.07, 6.45) is 0. The van der Waals surface area contributed by atoms with Crippen LogP contribution in [0.15, 0.2) is 237 Å². The molecule has 0 spiro atoms. The number of hydrogen-bond donors (Lipinski definition) is 0. The van der Waals surface area contributed by atoms with E-state index >= 15 is 0 Å². The van der Waals surface area contributed by atoms with Crippen molar-refractivity contribution in [3.63, 3.8) is 0 Å². The molecule has 302 valence electrons. The zero-order valence-corrected chi connectivity index (χ0v) is 36.0. The lowest BCUT2D eigenvalue weighted by molar-refractivity contribution is 0.660. The molecule has 11 aromatic carbocycles. The lowest BCUT2D eigenvalue weighted by Gasteiger charge is -2.31. The van der Waals surface area contributed by atoms with Crippen LogP contribution in [0.5, 0.6) is 0 Å². The Morgan fingerprint density at radius 1 is 0.297 bits per heavy atom. The molecule has 0 bridgehead atoms. The van der Waals surface area contributed by atoms with Gasteiger partial charge in [0.2, 0.25) is 0 Å². The highest BCUT2D eigenvalue weighted by atomic mass is 15.1. The molecule has 1 aliphatic rings. The van der Waals surface area contributed by atoms with Crippen LogP contribution in [0.25, 0.3) is 88.0 Å². The molecule has 0 aliphatic heterocycles. The maximum absolute atomic E-state index is 2.50. The first-order valence-electron chi connectivity index (χ1n) is 22.3. The quantitative estimate of drug-likeness (QED) is 0.145. The van der Waals surface area contributed by atoms with Crippen molar-refractivity contribution in [1.29, 1.82) is 0 Å². The average molecular weight is 816 g/mol. The first kappa shape index (κ1) is 37.7. The van der Waals surface area contributed by atoms with E-state index in [9.17, 15) is 0 Å². The second kappa shape index (κ2) is 15.1. The smallest absolute Gasteiger partial charge is 0.0546 e. The van der Waals surface area contributed by atoms with Gasteiger partial charge in [0.15, 0.2) is 0 Å². The highest BCUT2D eigenvalue weighted by Gasteiger charge is 2.36. The summed E-state index contributed by atoms with van der Waals surface area (Å²) in [6, 6.07) is 87.5. The fraction of sp³-hybridized carbons (Fsp3) is 0.0476. The molecule has 1 aliphatic carbocycles. The molecule has 0 saturated heterocycles. The topological polar surface area (TPSA) is 3.24 Å². The van der Waals surface area contributed by atoms with E-state index in [0.29, 0.717) is 0 Å². The minimum Gasteiger partial charge on any atom is -0.310 e. The molecule has 12 rings (SSSR count). The Morgan fingerprint density at radius 2 is 0.875 bits per heavy atom. The van der Waals surface area contributed by atoms with Crippen molar-refractivity contribution >= 4 is 49.4 Å². The number of nitrogens with zero attached hydrogens (tertiary/aromatic N) is 1. The molecular weight excluding hydrogens is 771 g/mol. The van der Waals surface area contributed by atoms with Crippen LogP contribution in [0.1, 0.15) is 25.0 Å². The summed E-state index contributed by atoms with van der Waals surface area (Å²) in [5.41, 5.74) is 18.0. The van der Waals surface area contributed by atoms with Gasteiger partial charge in [-0.2, -0.15) is 0 Å². The molecule has 11 aromatic rings. The first-order chi connectivity index (χ1) is 31.5. The third kappa shape index (κ3) is 6.23. The van der Waals surface area contributed by atoms with Crippen LogP contribution in [0.4, 0.5) is 17.1 Å². The van der Waals surface area contributed by atoms with E-state index in [2.05, 4.69) is 255 Å². The number of benzene rings is 11. The summed E-state index contributed by atoms with van der Waals surface area (Å²) in [7, 11) is 0.